The van der Waals surface area contributed by atoms with Crippen molar-refractivity contribution in [3.63, 3.8) is 0 Å². The van der Waals surface area contributed by atoms with Crippen molar-refractivity contribution in [2.45, 2.75) is 297 Å². The minimum Gasteiger partial charge on any atom is -0.143 e. The number of unbranched alkanes of at least 4 members (excludes halogenated alkanes) is 32. The van der Waals surface area contributed by atoms with Crippen LogP contribution in [0.5, 0.6) is 0 Å². The lowest BCUT2D eigenvalue weighted by atomic mass is 9.89. The molecule has 4 heteroatoms. The molecule has 2 atom stereocenters. The van der Waals surface area contributed by atoms with Gasteiger partial charge in [-0.1, -0.05) is 285 Å². The van der Waals surface area contributed by atoms with Crippen LogP contribution in [0.15, 0.2) is 45.8 Å². The second kappa shape index (κ2) is 38.1. The standard InChI is InChI=1S/C66H106S4/c1-5-9-13-17-21-25-27-31-35-39-43-55(41-37-33-29-23-19-15-11-7-3)49-57-51-61(69-53-57)63-59-45-47-68-66(59)64(60-46-48-67-65(60)63)62-52-58(54-70-62)50-56(42-38-34-30-24-20-16-12-8-4)44-40-36-32-28-26-22-18-14-10-6-2/h45-48,51-56H,5-44,49-50H2,1-4H3. The van der Waals surface area contributed by atoms with Crippen molar-refractivity contribution in [2.75, 3.05) is 0 Å². The van der Waals surface area contributed by atoms with Crippen molar-refractivity contribution in [3.8, 4) is 20.9 Å². The van der Waals surface area contributed by atoms with E-state index in [1.165, 1.54) is 311 Å². The fourth-order valence-electron chi connectivity index (χ4n) is 11.7. The maximum atomic E-state index is 2.62. The number of hydrogen-bond donors (Lipinski definition) is 0. The third-order valence-electron chi connectivity index (χ3n) is 16.0. The molecule has 0 saturated carbocycles. The minimum absolute atomic E-state index is 0.824. The van der Waals surface area contributed by atoms with Gasteiger partial charge in [0.25, 0.3) is 0 Å². The Balaban J connectivity index is 1.22. The van der Waals surface area contributed by atoms with E-state index in [9.17, 15) is 0 Å². The van der Waals surface area contributed by atoms with Gasteiger partial charge in [0.15, 0.2) is 0 Å². The second-order valence-electron chi connectivity index (χ2n) is 22.3. The summed E-state index contributed by atoms with van der Waals surface area (Å²) in [7, 11) is 0. The quantitative estimate of drug-likeness (QED) is 0.0341. The molecule has 5 rings (SSSR count). The molecule has 0 amide bonds. The summed E-state index contributed by atoms with van der Waals surface area (Å²) in [5.41, 5.74) is 6.20. The van der Waals surface area contributed by atoms with Crippen LogP contribution < -0.4 is 0 Å². The summed E-state index contributed by atoms with van der Waals surface area (Å²) in [6, 6.07) is 10.2. The van der Waals surface area contributed by atoms with E-state index >= 15 is 0 Å². The number of rotatable bonds is 46. The van der Waals surface area contributed by atoms with E-state index in [2.05, 4.69) is 73.5 Å². The highest BCUT2D eigenvalue weighted by Gasteiger charge is 2.22. The SMILES string of the molecule is CCCCCCCCCCCCC(CCCCCCCCCC)Cc1csc(-c2c3ccsc3c(-c3cc(CC(CCCCCCCCCC)CCCCCCCCCCCC)cs3)c3ccsc23)c1. The third-order valence-corrected chi connectivity index (χ3v) is 19.9. The van der Waals surface area contributed by atoms with Crippen molar-refractivity contribution in [2.24, 2.45) is 11.8 Å². The molecular weight excluding hydrogens is 921 g/mol. The highest BCUT2D eigenvalue weighted by atomic mass is 32.1. The number of thiophene rings is 4. The molecule has 1 aromatic carbocycles. The molecule has 5 aromatic rings. The van der Waals surface area contributed by atoms with Gasteiger partial charge in [-0.15, -0.1) is 45.3 Å². The maximum Gasteiger partial charge on any atom is 0.0442 e. The van der Waals surface area contributed by atoms with Gasteiger partial charge in [0.1, 0.15) is 0 Å². The van der Waals surface area contributed by atoms with Crippen LogP contribution in [0.1, 0.15) is 296 Å². The molecule has 0 aliphatic carbocycles. The van der Waals surface area contributed by atoms with Gasteiger partial charge in [-0.2, -0.15) is 0 Å². The molecule has 0 radical (unpaired) electrons. The Labute approximate surface area is 449 Å². The lowest BCUT2D eigenvalue weighted by Crippen LogP contribution is -2.05. The van der Waals surface area contributed by atoms with Crippen molar-refractivity contribution in [3.05, 3.63) is 56.9 Å². The average molecular weight is 1030 g/mol. The van der Waals surface area contributed by atoms with Gasteiger partial charge in [0, 0.05) is 41.1 Å². The van der Waals surface area contributed by atoms with Crippen LogP contribution in [0, 0.1) is 11.8 Å². The van der Waals surface area contributed by atoms with E-state index in [0.29, 0.717) is 0 Å². The van der Waals surface area contributed by atoms with Gasteiger partial charge in [-0.25, -0.2) is 0 Å². The highest BCUT2D eigenvalue weighted by Crippen LogP contribution is 2.50. The molecule has 0 spiro atoms. The zero-order valence-corrected chi connectivity index (χ0v) is 49.4. The molecule has 0 fully saturated rings. The first kappa shape index (κ1) is 59.4. The van der Waals surface area contributed by atoms with Gasteiger partial charge in [-0.3, -0.25) is 0 Å². The molecule has 2 unspecified atom stereocenters. The summed E-state index contributed by atoms with van der Waals surface area (Å²) in [4.78, 5) is 2.98. The van der Waals surface area contributed by atoms with E-state index in [1.807, 2.05) is 45.3 Å². The second-order valence-corrected chi connectivity index (χ2v) is 26.0. The van der Waals surface area contributed by atoms with Gasteiger partial charge in [0.05, 0.1) is 0 Å². The fourth-order valence-corrected chi connectivity index (χ4v) is 15.8. The summed E-state index contributed by atoms with van der Waals surface area (Å²) >= 11 is 8.00. The Morgan fingerprint density at radius 2 is 0.571 bits per heavy atom. The zero-order chi connectivity index (χ0) is 49.1. The molecule has 0 nitrogen and oxygen atoms in total. The van der Waals surface area contributed by atoms with E-state index < -0.39 is 0 Å². The van der Waals surface area contributed by atoms with E-state index in [-0.39, 0.29) is 0 Å². The Kier molecular flexibility index (Phi) is 32.4. The molecular formula is C66H106S4. The summed E-state index contributed by atoms with van der Waals surface area (Å²) in [5, 5.41) is 12.8. The number of fused-ring (bicyclic) bond motifs is 2. The highest BCUT2D eigenvalue weighted by molar-refractivity contribution is 7.22. The van der Waals surface area contributed by atoms with Gasteiger partial charge in [0.2, 0.25) is 0 Å². The average Bonchev–Trinajstić information content (AvgIpc) is 4.23. The predicted octanol–water partition coefficient (Wildman–Crippen LogP) is 25.6. The molecule has 0 aliphatic heterocycles. The molecule has 0 bridgehead atoms. The molecule has 394 valence electrons. The van der Waals surface area contributed by atoms with Crippen molar-refractivity contribution in [1.29, 1.82) is 0 Å². The first-order valence-electron chi connectivity index (χ1n) is 30.7. The predicted molar refractivity (Wildman–Crippen MR) is 326 cm³/mol. The van der Waals surface area contributed by atoms with Crippen LogP contribution in [0.4, 0.5) is 0 Å². The van der Waals surface area contributed by atoms with Gasteiger partial charge < -0.3 is 0 Å². The summed E-state index contributed by atoms with van der Waals surface area (Å²) < 4.78 is 3.00. The first-order valence-corrected chi connectivity index (χ1v) is 34.2. The van der Waals surface area contributed by atoms with Crippen molar-refractivity contribution < 1.29 is 0 Å². The normalized spacial score (nSPS) is 12.9. The van der Waals surface area contributed by atoms with Crippen LogP contribution in [-0.4, -0.2) is 0 Å². The monoisotopic (exact) mass is 1030 g/mol. The van der Waals surface area contributed by atoms with Gasteiger partial charge in [-0.05, 0) is 81.6 Å². The first-order chi connectivity index (χ1) is 34.7. The smallest absolute Gasteiger partial charge is 0.0442 e. The van der Waals surface area contributed by atoms with Crippen LogP contribution in [0.2, 0.25) is 0 Å². The Morgan fingerprint density at radius 3 is 0.843 bits per heavy atom. The molecule has 0 aliphatic rings. The van der Waals surface area contributed by atoms with E-state index in [4.69, 9.17) is 0 Å². The number of hydrogen-bond acceptors (Lipinski definition) is 4. The summed E-state index contributed by atoms with van der Waals surface area (Å²) in [6.07, 6.45) is 59.6. The van der Waals surface area contributed by atoms with Crippen LogP contribution in [-0.2, 0) is 12.8 Å². The summed E-state index contributed by atoms with van der Waals surface area (Å²) in [6.45, 7) is 9.32. The topological polar surface area (TPSA) is 0 Å². The van der Waals surface area contributed by atoms with E-state index in [1.54, 1.807) is 11.1 Å². The third kappa shape index (κ3) is 22.6. The zero-order valence-electron chi connectivity index (χ0n) is 46.1. The lowest BCUT2D eigenvalue weighted by molar-refractivity contribution is 0.400. The van der Waals surface area contributed by atoms with Crippen molar-refractivity contribution in [1.82, 2.24) is 0 Å². The minimum atomic E-state index is 0.824. The molecule has 0 saturated heterocycles. The fraction of sp³-hybridized carbons (Fsp3) is 0.727. The van der Waals surface area contributed by atoms with Crippen LogP contribution >= 0.6 is 45.3 Å². The molecule has 4 aromatic heterocycles. The Bertz CT molecular complexity index is 1800. The van der Waals surface area contributed by atoms with Crippen molar-refractivity contribution >= 4 is 65.5 Å². The van der Waals surface area contributed by atoms with Crippen LogP contribution in [0.3, 0.4) is 0 Å². The molecule has 4 heterocycles. The van der Waals surface area contributed by atoms with Crippen LogP contribution in [0.25, 0.3) is 41.1 Å². The Morgan fingerprint density at radius 1 is 0.314 bits per heavy atom. The largest absolute Gasteiger partial charge is 0.143 e. The molecule has 0 N–H and O–H groups in total. The maximum absolute atomic E-state index is 2.62. The summed E-state index contributed by atoms with van der Waals surface area (Å²) in [5.74, 6) is 1.65. The number of benzene rings is 1. The lowest BCUT2D eigenvalue weighted by Gasteiger charge is -2.17. The molecule has 70 heavy (non-hydrogen) atoms. The van der Waals surface area contributed by atoms with Gasteiger partial charge >= 0.3 is 0 Å². The Hall–Kier alpha value is -1.46. The van der Waals surface area contributed by atoms with E-state index in [0.717, 1.165) is 11.8 Å².